The zero-order chi connectivity index (χ0) is 19.5. The lowest BCUT2D eigenvalue weighted by Crippen LogP contribution is -2.22. The fourth-order valence-electron chi connectivity index (χ4n) is 2.86. The van der Waals surface area contributed by atoms with E-state index in [9.17, 15) is 14.0 Å². The van der Waals surface area contributed by atoms with E-state index in [0.717, 1.165) is 0 Å². The van der Waals surface area contributed by atoms with Crippen molar-refractivity contribution in [1.82, 2.24) is 4.98 Å². The van der Waals surface area contributed by atoms with Crippen LogP contribution in [0.25, 0.3) is 10.9 Å². The van der Waals surface area contributed by atoms with Crippen LogP contribution in [0, 0.1) is 5.82 Å². The molecule has 3 aromatic carbocycles. The normalized spacial score (nSPS) is 10.6. The zero-order valence-corrected chi connectivity index (χ0v) is 14.6. The summed E-state index contributed by atoms with van der Waals surface area (Å²) in [6.07, 6.45) is 1.40. The van der Waals surface area contributed by atoms with Crippen molar-refractivity contribution in [1.29, 1.82) is 0 Å². The molecule has 1 heterocycles. The van der Waals surface area contributed by atoms with Crippen LogP contribution in [0.4, 0.5) is 10.1 Å². The Hall–Kier alpha value is -3.93. The molecule has 4 aromatic rings. The average Bonchev–Trinajstić information content (AvgIpc) is 3.12. The van der Waals surface area contributed by atoms with Gasteiger partial charge in [-0.15, -0.1) is 0 Å². The van der Waals surface area contributed by atoms with Gasteiger partial charge in [0.25, 0.3) is 11.7 Å². The van der Waals surface area contributed by atoms with Crippen molar-refractivity contribution < 1.29 is 18.7 Å². The van der Waals surface area contributed by atoms with Crippen molar-refractivity contribution in [2.75, 3.05) is 5.32 Å². The third-order valence-corrected chi connectivity index (χ3v) is 4.20. The van der Waals surface area contributed by atoms with Crippen molar-refractivity contribution in [2.24, 2.45) is 0 Å². The van der Waals surface area contributed by atoms with Gasteiger partial charge in [-0.05, 0) is 42.5 Å². The fraction of sp³-hybridized carbons (Fsp3) is 0. The highest BCUT2D eigenvalue weighted by atomic mass is 19.1. The van der Waals surface area contributed by atoms with Crippen LogP contribution in [-0.2, 0) is 4.79 Å². The number of rotatable bonds is 5. The molecule has 0 radical (unpaired) electrons. The molecule has 0 bridgehead atoms. The molecule has 2 N–H and O–H groups in total. The van der Waals surface area contributed by atoms with Crippen LogP contribution in [0.3, 0.4) is 0 Å². The molecule has 1 amide bonds. The first-order valence-corrected chi connectivity index (χ1v) is 8.56. The SMILES string of the molecule is O=C(Nc1ccccc1Oc1ccccc1)C(=O)c1c[nH]c2cc(F)ccc12. The lowest BCUT2D eigenvalue weighted by molar-refractivity contribution is -0.112. The predicted octanol–water partition coefficient (Wildman–Crippen LogP) is 4.92. The van der Waals surface area contributed by atoms with Crippen LogP contribution in [0.15, 0.2) is 79.0 Å². The average molecular weight is 374 g/mol. The summed E-state index contributed by atoms with van der Waals surface area (Å²) in [4.78, 5) is 27.9. The number of aromatic nitrogens is 1. The number of Topliss-reactive ketones (excluding diaryl/α,β-unsaturated/α-hetero) is 1. The molecular weight excluding hydrogens is 359 g/mol. The Morgan fingerprint density at radius 1 is 0.929 bits per heavy atom. The molecule has 138 valence electrons. The van der Waals surface area contributed by atoms with Gasteiger partial charge in [-0.25, -0.2) is 4.39 Å². The lowest BCUT2D eigenvalue weighted by atomic mass is 10.1. The van der Waals surface area contributed by atoms with Gasteiger partial charge in [-0.3, -0.25) is 9.59 Å². The first kappa shape index (κ1) is 17.5. The number of amides is 1. The Morgan fingerprint density at radius 3 is 2.50 bits per heavy atom. The molecule has 0 saturated carbocycles. The predicted molar refractivity (Wildman–Crippen MR) is 104 cm³/mol. The van der Waals surface area contributed by atoms with E-state index >= 15 is 0 Å². The summed E-state index contributed by atoms with van der Waals surface area (Å²) in [5.74, 6) is -0.948. The molecule has 0 fully saturated rings. The molecule has 1 aromatic heterocycles. The van der Waals surface area contributed by atoms with E-state index in [2.05, 4.69) is 10.3 Å². The molecule has 28 heavy (non-hydrogen) atoms. The summed E-state index contributed by atoms with van der Waals surface area (Å²) in [5.41, 5.74) is 0.994. The van der Waals surface area contributed by atoms with E-state index in [0.29, 0.717) is 28.1 Å². The van der Waals surface area contributed by atoms with Gasteiger partial charge >= 0.3 is 0 Å². The van der Waals surface area contributed by atoms with E-state index in [4.69, 9.17) is 4.74 Å². The van der Waals surface area contributed by atoms with Crippen LogP contribution in [-0.4, -0.2) is 16.7 Å². The third-order valence-electron chi connectivity index (χ3n) is 4.20. The molecule has 4 rings (SSSR count). The van der Waals surface area contributed by atoms with E-state index in [-0.39, 0.29) is 5.56 Å². The van der Waals surface area contributed by atoms with Crippen LogP contribution >= 0.6 is 0 Å². The highest BCUT2D eigenvalue weighted by Crippen LogP contribution is 2.29. The Kier molecular flexibility index (Phi) is 4.60. The number of H-pyrrole nitrogens is 1. The Balaban J connectivity index is 1.57. The van der Waals surface area contributed by atoms with Gasteiger partial charge in [-0.1, -0.05) is 30.3 Å². The molecule has 6 heteroatoms. The first-order valence-electron chi connectivity index (χ1n) is 8.56. The Labute approximate surface area is 159 Å². The molecule has 0 aliphatic carbocycles. The van der Waals surface area contributed by atoms with Gasteiger partial charge in [0.15, 0.2) is 5.75 Å². The van der Waals surface area contributed by atoms with Gasteiger partial charge in [0.2, 0.25) is 0 Å². The molecule has 0 aliphatic rings. The maximum Gasteiger partial charge on any atom is 0.296 e. The number of benzene rings is 3. The fourth-order valence-corrected chi connectivity index (χ4v) is 2.86. The number of para-hydroxylation sites is 3. The van der Waals surface area contributed by atoms with Crippen LogP contribution in [0.2, 0.25) is 0 Å². The van der Waals surface area contributed by atoms with Gasteiger partial charge in [0.1, 0.15) is 11.6 Å². The highest BCUT2D eigenvalue weighted by molar-refractivity contribution is 6.48. The number of carbonyl (C=O) groups excluding carboxylic acids is 2. The summed E-state index contributed by atoms with van der Waals surface area (Å²) in [5, 5.41) is 3.08. The smallest absolute Gasteiger partial charge is 0.296 e. The maximum atomic E-state index is 13.3. The standard InChI is InChI=1S/C22H15FN2O3/c23-14-10-11-16-17(13-24-19(16)12-14)21(26)22(27)25-18-8-4-5-9-20(18)28-15-6-2-1-3-7-15/h1-13,24H,(H,25,27). The number of nitrogens with one attached hydrogen (secondary N) is 2. The topological polar surface area (TPSA) is 71.2 Å². The Bertz CT molecular complexity index is 1170. The minimum atomic E-state index is -0.811. The van der Waals surface area contributed by atoms with Gasteiger partial charge in [-0.2, -0.15) is 0 Å². The summed E-state index contributed by atoms with van der Waals surface area (Å²) in [6, 6.07) is 19.9. The molecule has 0 spiro atoms. The summed E-state index contributed by atoms with van der Waals surface area (Å²) in [7, 11) is 0. The van der Waals surface area contributed by atoms with E-state index in [1.54, 1.807) is 36.4 Å². The largest absolute Gasteiger partial charge is 0.455 e. The molecule has 0 atom stereocenters. The molecule has 0 saturated heterocycles. The number of ketones is 1. The summed E-state index contributed by atoms with van der Waals surface area (Å²) < 4.78 is 19.1. The number of hydrogen-bond donors (Lipinski definition) is 2. The van der Waals surface area contributed by atoms with Crippen molar-refractivity contribution >= 4 is 28.3 Å². The highest BCUT2D eigenvalue weighted by Gasteiger charge is 2.21. The Morgan fingerprint density at radius 2 is 1.68 bits per heavy atom. The van der Waals surface area contributed by atoms with Crippen molar-refractivity contribution in [2.45, 2.75) is 0 Å². The minimum Gasteiger partial charge on any atom is -0.455 e. The number of anilines is 1. The van der Waals surface area contributed by atoms with Crippen LogP contribution < -0.4 is 10.1 Å². The molecule has 5 nitrogen and oxygen atoms in total. The molecular formula is C22H15FN2O3. The van der Waals surface area contributed by atoms with Gasteiger partial charge in [0.05, 0.1) is 11.3 Å². The number of aromatic amines is 1. The second-order valence-corrected chi connectivity index (χ2v) is 6.09. The molecule has 0 aliphatic heterocycles. The van der Waals surface area contributed by atoms with Crippen LogP contribution in [0.5, 0.6) is 11.5 Å². The maximum absolute atomic E-state index is 13.3. The minimum absolute atomic E-state index is 0.175. The third kappa shape index (κ3) is 3.48. The van der Waals surface area contributed by atoms with Crippen molar-refractivity contribution in [3.8, 4) is 11.5 Å². The van der Waals surface area contributed by atoms with Gasteiger partial charge in [0, 0.05) is 17.1 Å². The first-order chi connectivity index (χ1) is 13.6. The van der Waals surface area contributed by atoms with E-state index in [1.165, 1.54) is 24.4 Å². The summed E-state index contributed by atoms with van der Waals surface area (Å²) in [6.45, 7) is 0. The van der Waals surface area contributed by atoms with Crippen LogP contribution in [0.1, 0.15) is 10.4 Å². The van der Waals surface area contributed by atoms with Crippen molar-refractivity contribution in [3.05, 3.63) is 90.4 Å². The number of hydrogen-bond acceptors (Lipinski definition) is 3. The second-order valence-electron chi connectivity index (χ2n) is 6.09. The lowest BCUT2D eigenvalue weighted by Gasteiger charge is -2.11. The van der Waals surface area contributed by atoms with E-state index in [1.807, 2.05) is 18.2 Å². The van der Waals surface area contributed by atoms with E-state index < -0.39 is 17.5 Å². The second kappa shape index (κ2) is 7.36. The van der Waals surface area contributed by atoms with Gasteiger partial charge < -0.3 is 15.0 Å². The monoisotopic (exact) mass is 374 g/mol. The number of halogens is 1. The van der Waals surface area contributed by atoms with Crippen molar-refractivity contribution in [3.63, 3.8) is 0 Å². The number of carbonyl (C=O) groups is 2. The number of fused-ring (bicyclic) bond motifs is 1. The molecule has 0 unspecified atom stereocenters. The summed E-state index contributed by atoms with van der Waals surface area (Å²) >= 11 is 0. The zero-order valence-electron chi connectivity index (χ0n) is 14.6. The quantitative estimate of drug-likeness (QED) is 0.385. The number of ether oxygens (including phenoxy) is 1.